The zero-order chi connectivity index (χ0) is 12.8. The number of hydrogen-bond acceptors (Lipinski definition) is 3. The Kier molecular flexibility index (Phi) is 4.88. The van der Waals surface area contributed by atoms with E-state index in [4.69, 9.17) is 4.74 Å². The standard InChI is InChI=1S/C15H24N2O/c1-3-4-5-9-17-10-8-16-12-13-6-7-14(18-2)11-15(13)17/h6-7,11,16H,3-5,8-10,12H2,1-2H3. The van der Waals surface area contributed by atoms with Gasteiger partial charge in [0.05, 0.1) is 7.11 Å². The number of fused-ring (bicyclic) bond motifs is 1. The van der Waals surface area contributed by atoms with Crippen molar-refractivity contribution in [2.24, 2.45) is 0 Å². The van der Waals surface area contributed by atoms with Crippen LogP contribution in [0.2, 0.25) is 0 Å². The van der Waals surface area contributed by atoms with Crippen LogP contribution >= 0.6 is 0 Å². The molecule has 3 heteroatoms. The van der Waals surface area contributed by atoms with Gasteiger partial charge in [0.1, 0.15) is 5.75 Å². The second-order valence-corrected chi connectivity index (χ2v) is 4.87. The Balaban J connectivity index is 2.16. The minimum Gasteiger partial charge on any atom is -0.497 e. The maximum atomic E-state index is 5.35. The Hall–Kier alpha value is -1.22. The highest BCUT2D eigenvalue weighted by Crippen LogP contribution is 2.27. The van der Waals surface area contributed by atoms with Gasteiger partial charge in [-0.3, -0.25) is 0 Å². The van der Waals surface area contributed by atoms with Gasteiger partial charge in [0.25, 0.3) is 0 Å². The number of unbranched alkanes of at least 4 members (excludes halogenated alkanes) is 2. The predicted molar refractivity (Wildman–Crippen MR) is 76.4 cm³/mol. The normalized spacial score (nSPS) is 15.1. The Morgan fingerprint density at radius 1 is 1.33 bits per heavy atom. The Labute approximate surface area is 110 Å². The fourth-order valence-electron chi connectivity index (χ4n) is 2.46. The minimum atomic E-state index is 0.955. The van der Waals surface area contributed by atoms with E-state index >= 15 is 0 Å². The molecule has 0 radical (unpaired) electrons. The van der Waals surface area contributed by atoms with Crippen molar-refractivity contribution in [1.29, 1.82) is 0 Å². The molecule has 0 amide bonds. The molecular formula is C15H24N2O. The number of hydrogen-bond donors (Lipinski definition) is 1. The van der Waals surface area contributed by atoms with Crippen molar-refractivity contribution >= 4 is 5.69 Å². The fourth-order valence-corrected chi connectivity index (χ4v) is 2.46. The largest absolute Gasteiger partial charge is 0.497 e. The van der Waals surface area contributed by atoms with Gasteiger partial charge in [-0.1, -0.05) is 25.8 Å². The molecule has 0 spiro atoms. The number of rotatable bonds is 5. The summed E-state index contributed by atoms with van der Waals surface area (Å²) in [7, 11) is 1.73. The lowest BCUT2D eigenvalue weighted by molar-refractivity contribution is 0.414. The lowest BCUT2D eigenvalue weighted by Gasteiger charge is -2.25. The Bertz CT molecular complexity index is 379. The second-order valence-electron chi connectivity index (χ2n) is 4.87. The molecule has 0 aliphatic carbocycles. The summed E-state index contributed by atoms with van der Waals surface area (Å²) in [4.78, 5) is 2.49. The van der Waals surface area contributed by atoms with E-state index in [2.05, 4.69) is 35.3 Å². The van der Waals surface area contributed by atoms with E-state index in [0.29, 0.717) is 0 Å². The molecule has 3 nitrogen and oxygen atoms in total. The topological polar surface area (TPSA) is 24.5 Å². The van der Waals surface area contributed by atoms with Crippen LogP contribution in [-0.4, -0.2) is 26.7 Å². The molecule has 2 rings (SSSR count). The first kappa shape index (κ1) is 13.2. The summed E-state index contributed by atoms with van der Waals surface area (Å²) in [6.07, 6.45) is 3.85. The third kappa shape index (κ3) is 3.16. The highest BCUT2D eigenvalue weighted by atomic mass is 16.5. The van der Waals surface area contributed by atoms with Crippen LogP contribution in [0, 0.1) is 0 Å². The SMILES string of the molecule is CCCCCN1CCNCc2ccc(OC)cc21. The average Bonchev–Trinajstić information content (AvgIpc) is 2.61. The highest BCUT2D eigenvalue weighted by Gasteiger charge is 2.15. The number of benzene rings is 1. The number of methoxy groups -OCH3 is 1. The molecule has 1 N–H and O–H groups in total. The zero-order valence-electron chi connectivity index (χ0n) is 11.5. The molecule has 1 aliphatic rings. The van der Waals surface area contributed by atoms with E-state index in [1.807, 2.05) is 0 Å². The lowest BCUT2D eigenvalue weighted by Crippen LogP contribution is -2.29. The van der Waals surface area contributed by atoms with Crippen LogP contribution < -0.4 is 15.0 Å². The molecular weight excluding hydrogens is 224 g/mol. The van der Waals surface area contributed by atoms with Crippen LogP contribution in [-0.2, 0) is 6.54 Å². The van der Waals surface area contributed by atoms with Crippen LogP contribution in [0.3, 0.4) is 0 Å². The van der Waals surface area contributed by atoms with E-state index in [9.17, 15) is 0 Å². The summed E-state index contributed by atoms with van der Waals surface area (Å²) in [6.45, 7) is 6.51. The molecule has 1 aromatic carbocycles. The van der Waals surface area contributed by atoms with E-state index in [1.165, 1.54) is 30.5 Å². The van der Waals surface area contributed by atoms with Crippen LogP contribution in [0.25, 0.3) is 0 Å². The van der Waals surface area contributed by atoms with Crippen LogP contribution in [0.5, 0.6) is 5.75 Å². The maximum absolute atomic E-state index is 5.35. The van der Waals surface area contributed by atoms with E-state index in [0.717, 1.165) is 31.9 Å². The molecule has 0 aromatic heterocycles. The molecule has 1 aliphatic heterocycles. The van der Waals surface area contributed by atoms with Gasteiger partial charge in [0, 0.05) is 37.9 Å². The van der Waals surface area contributed by atoms with Crippen LogP contribution in [0.4, 0.5) is 5.69 Å². The Morgan fingerprint density at radius 3 is 3.00 bits per heavy atom. The predicted octanol–water partition coefficient (Wildman–Crippen LogP) is 2.80. The molecule has 0 saturated heterocycles. The first-order chi connectivity index (χ1) is 8.85. The fraction of sp³-hybridized carbons (Fsp3) is 0.600. The van der Waals surface area contributed by atoms with Crippen molar-refractivity contribution in [3.05, 3.63) is 23.8 Å². The van der Waals surface area contributed by atoms with Gasteiger partial charge in [0.2, 0.25) is 0 Å². The Morgan fingerprint density at radius 2 is 2.22 bits per heavy atom. The van der Waals surface area contributed by atoms with E-state index in [-0.39, 0.29) is 0 Å². The first-order valence-corrected chi connectivity index (χ1v) is 6.97. The molecule has 0 unspecified atom stereocenters. The van der Waals surface area contributed by atoms with Gasteiger partial charge in [-0.25, -0.2) is 0 Å². The first-order valence-electron chi connectivity index (χ1n) is 6.97. The third-order valence-electron chi connectivity index (χ3n) is 3.54. The van der Waals surface area contributed by atoms with E-state index in [1.54, 1.807) is 7.11 Å². The average molecular weight is 248 g/mol. The number of nitrogens with zero attached hydrogens (tertiary/aromatic N) is 1. The van der Waals surface area contributed by atoms with Crippen molar-refractivity contribution < 1.29 is 4.74 Å². The lowest BCUT2D eigenvalue weighted by atomic mass is 10.1. The van der Waals surface area contributed by atoms with Crippen molar-refractivity contribution in [3.8, 4) is 5.75 Å². The molecule has 1 heterocycles. The third-order valence-corrected chi connectivity index (χ3v) is 3.54. The number of anilines is 1. The molecule has 0 bridgehead atoms. The monoisotopic (exact) mass is 248 g/mol. The summed E-state index contributed by atoms with van der Waals surface area (Å²) < 4.78 is 5.35. The van der Waals surface area contributed by atoms with E-state index < -0.39 is 0 Å². The molecule has 1 aromatic rings. The second kappa shape index (κ2) is 6.64. The van der Waals surface area contributed by atoms with Gasteiger partial charge in [-0.15, -0.1) is 0 Å². The smallest absolute Gasteiger partial charge is 0.120 e. The van der Waals surface area contributed by atoms with Crippen molar-refractivity contribution in [2.75, 3.05) is 31.6 Å². The van der Waals surface area contributed by atoms with Gasteiger partial charge in [-0.2, -0.15) is 0 Å². The van der Waals surface area contributed by atoms with Crippen molar-refractivity contribution in [2.45, 2.75) is 32.7 Å². The summed E-state index contributed by atoms with van der Waals surface area (Å²) in [5, 5.41) is 3.48. The van der Waals surface area contributed by atoms with Gasteiger partial charge in [0.15, 0.2) is 0 Å². The molecule has 0 atom stereocenters. The zero-order valence-corrected chi connectivity index (χ0v) is 11.5. The quantitative estimate of drug-likeness (QED) is 0.811. The number of ether oxygens (including phenoxy) is 1. The maximum Gasteiger partial charge on any atom is 0.120 e. The highest BCUT2D eigenvalue weighted by molar-refractivity contribution is 5.58. The van der Waals surface area contributed by atoms with Gasteiger partial charge < -0.3 is 15.0 Å². The summed E-state index contributed by atoms with van der Waals surface area (Å²) >= 11 is 0. The molecule has 0 fully saturated rings. The minimum absolute atomic E-state index is 0.955. The summed E-state index contributed by atoms with van der Waals surface area (Å²) in [5.41, 5.74) is 2.72. The molecule has 100 valence electrons. The van der Waals surface area contributed by atoms with Gasteiger partial charge in [-0.05, 0) is 18.1 Å². The summed E-state index contributed by atoms with van der Waals surface area (Å²) in [5.74, 6) is 0.955. The molecule has 18 heavy (non-hydrogen) atoms. The van der Waals surface area contributed by atoms with Crippen molar-refractivity contribution in [3.63, 3.8) is 0 Å². The van der Waals surface area contributed by atoms with Crippen LogP contribution in [0.15, 0.2) is 18.2 Å². The number of nitrogens with one attached hydrogen (secondary N) is 1. The summed E-state index contributed by atoms with van der Waals surface area (Å²) in [6, 6.07) is 6.41. The molecule has 0 saturated carbocycles. The van der Waals surface area contributed by atoms with Crippen LogP contribution in [0.1, 0.15) is 31.7 Å². The van der Waals surface area contributed by atoms with Gasteiger partial charge >= 0.3 is 0 Å². The van der Waals surface area contributed by atoms with Crippen molar-refractivity contribution in [1.82, 2.24) is 5.32 Å².